The molecule has 1 aliphatic heterocycles. The molecule has 138 valence electrons. The Labute approximate surface area is 156 Å². The van der Waals surface area contributed by atoms with Crippen LogP contribution in [-0.4, -0.2) is 33.7 Å². The van der Waals surface area contributed by atoms with Crippen molar-refractivity contribution in [3.05, 3.63) is 47.2 Å². The lowest BCUT2D eigenvalue weighted by Crippen LogP contribution is -2.00. The predicted molar refractivity (Wildman–Crippen MR) is 96.6 cm³/mol. The number of hydrogen-bond acceptors (Lipinski definition) is 7. The molecule has 0 saturated heterocycles. The fourth-order valence-corrected chi connectivity index (χ4v) is 2.75. The molecule has 7 nitrogen and oxygen atoms in total. The van der Waals surface area contributed by atoms with Crippen LogP contribution in [0.5, 0.6) is 28.7 Å². The lowest BCUT2D eigenvalue weighted by atomic mass is 10.1. The Balaban J connectivity index is 1.97. The van der Waals surface area contributed by atoms with Gasteiger partial charge in [-0.05, 0) is 30.3 Å². The first kappa shape index (κ1) is 18.1. The second-order valence-electron chi connectivity index (χ2n) is 5.47. The summed E-state index contributed by atoms with van der Waals surface area (Å²) in [6.45, 7) is -0.0850. The number of carbonyl (C=O) groups is 1. The van der Waals surface area contributed by atoms with Crippen molar-refractivity contribution < 1.29 is 28.5 Å². The van der Waals surface area contributed by atoms with E-state index in [1.807, 2.05) is 6.07 Å². The molecule has 1 heterocycles. The van der Waals surface area contributed by atoms with Crippen LogP contribution in [0.25, 0.3) is 6.08 Å². The molecule has 0 N–H and O–H groups in total. The van der Waals surface area contributed by atoms with Crippen LogP contribution in [0.15, 0.2) is 36.1 Å². The maximum atomic E-state index is 12.6. The molecule has 0 unspecified atom stereocenters. The summed E-state index contributed by atoms with van der Waals surface area (Å²) in [5.41, 5.74) is 1.03. The summed E-state index contributed by atoms with van der Waals surface area (Å²) in [5, 5.41) is 8.60. The van der Waals surface area contributed by atoms with Crippen LogP contribution < -0.4 is 23.7 Å². The molecular weight excluding hydrogens is 350 g/mol. The van der Waals surface area contributed by atoms with E-state index in [0.717, 1.165) is 0 Å². The lowest BCUT2D eigenvalue weighted by Gasteiger charge is -2.14. The summed E-state index contributed by atoms with van der Waals surface area (Å²) < 4.78 is 27.0. The van der Waals surface area contributed by atoms with E-state index in [-0.39, 0.29) is 18.1 Å². The van der Waals surface area contributed by atoms with Crippen molar-refractivity contribution in [2.75, 3.05) is 27.9 Å². The highest BCUT2D eigenvalue weighted by atomic mass is 16.5. The van der Waals surface area contributed by atoms with Gasteiger partial charge in [0.15, 0.2) is 23.9 Å². The molecule has 2 aromatic carbocycles. The third-order valence-electron chi connectivity index (χ3n) is 3.97. The van der Waals surface area contributed by atoms with Gasteiger partial charge in [0, 0.05) is 11.6 Å². The van der Waals surface area contributed by atoms with Crippen molar-refractivity contribution >= 4 is 11.9 Å². The van der Waals surface area contributed by atoms with Crippen molar-refractivity contribution in [1.82, 2.24) is 0 Å². The second kappa shape index (κ2) is 7.70. The number of ketones is 1. The Bertz CT molecular complexity index is 958. The quantitative estimate of drug-likeness (QED) is 0.724. The monoisotopic (exact) mass is 367 g/mol. The highest BCUT2D eigenvalue weighted by molar-refractivity contribution is 6.14. The van der Waals surface area contributed by atoms with Gasteiger partial charge in [-0.25, -0.2) is 0 Å². The number of carbonyl (C=O) groups excluding carboxylic acids is 1. The Kier molecular flexibility index (Phi) is 5.18. The van der Waals surface area contributed by atoms with Crippen molar-refractivity contribution in [2.24, 2.45) is 0 Å². The minimum atomic E-state index is -0.256. The molecule has 27 heavy (non-hydrogen) atoms. The summed E-state index contributed by atoms with van der Waals surface area (Å²) in [6.07, 6.45) is 1.58. The third kappa shape index (κ3) is 3.37. The van der Waals surface area contributed by atoms with Crippen LogP contribution in [0, 0.1) is 11.3 Å². The van der Waals surface area contributed by atoms with Crippen molar-refractivity contribution in [1.29, 1.82) is 5.26 Å². The normalized spacial score (nSPS) is 13.6. The molecule has 0 atom stereocenters. The van der Waals surface area contributed by atoms with E-state index >= 15 is 0 Å². The van der Waals surface area contributed by atoms with E-state index in [0.29, 0.717) is 39.9 Å². The number of benzene rings is 2. The minimum Gasteiger partial charge on any atom is -0.493 e. The predicted octanol–water partition coefficient (Wildman–Crippen LogP) is 3.23. The average Bonchev–Trinajstić information content (AvgIpc) is 3.00. The van der Waals surface area contributed by atoms with Gasteiger partial charge in [0.25, 0.3) is 0 Å². The first-order valence-corrected chi connectivity index (χ1v) is 8.00. The molecule has 2 aromatic rings. The van der Waals surface area contributed by atoms with E-state index in [1.54, 1.807) is 36.4 Å². The van der Waals surface area contributed by atoms with Crippen molar-refractivity contribution in [3.63, 3.8) is 0 Å². The number of fused-ring (bicyclic) bond motifs is 1. The van der Waals surface area contributed by atoms with Gasteiger partial charge >= 0.3 is 0 Å². The van der Waals surface area contributed by atoms with Crippen LogP contribution in [0.3, 0.4) is 0 Å². The van der Waals surface area contributed by atoms with Crippen LogP contribution in [0.4, 0.5) is 0 Å². The fourth-order valence-electron chi connectivity index (χ4n) is 2.75. The minimum absolute atomic E-state index is 0.0850. The Morgan fingerprint density at radius 2 is 1.85 bits per heavy atom. The molecule has 0 spiro atoms. The van der Waals surface area contributed by atoms with Gasteiger partial charge < -0.3 is 23.7 Å². The first-order valence-electron chi connectivity index (χ1n) is 8.00. The highest BCUT2D eigenvalue weighted by Gasteiger charge is 2.28. The average molecular weight is 367 g/mol. The topological polar surface area (TPSA) is 87.0 Å². The molecule has 7 heteroatoms. The number of allylic oxidation sites excluding steroid dienone is 1. The van der Waals surface area contributed by atoms with Gasteiger partial charge in [-0.2, -0.15) is 5.26 Å². The first-order chi connectivity index (χ1) is 13.1. The van der Waals surface area contributed by atoms with Gasteiger partial charge in [0.05, 0.1) is 26.9 Å². The SMILES string of the molecule is COc1ccc(C=C2Oc3cc(OCC#N)ccc3C2=O)c(OC)c1OC. The van der Waals surface area contributed by atoms with E-state index in [4.69, 9.17) is 28.9 Å². The zero-order valence-electron chi connectivity index (χ0n) is 15.1. The summed E-state index contributed by atoms with van der Waals surface area (Å²) in [4.78, 5) is 12.6. The van der Waals surface area contributed by atoms with Gasteiger partial charge in [0.2, 0.25) is 11.5 Å². The number of nitrogens with zero attached hydrogens (tertiary/aromatic N) is 1. The standard InChI is InChI=1S/C20H17NO6/c1-23-15-7-4-12(19(24-2)20(15)25-3)10-17-18(22)14-6-5-13(26-9-8-21)11-16(14)27-17/h4-7,10-11H,9H2,1-3H3. The molecule has 3 rings (SSSR count). The van der Waals surface area contributed by atoms with Crippen LogP contribution in [-0.2, 0) is 0 Å². The Morgan fingerprint density at radius 3 is 2.52 bits per heavy atom. The smallest absolute Gasteiger partial charge is 0.231 e. The molecular formula is C20H17NO6. The maximum absolute atomic E-state index is 12.6. The van der Waals surface area contributed by atoms with Crippen molar-refractivity contribution in [3.8, 4) is 34.8 Å². The molecule has 1 aliphatic rings. The van der Waals surface area contributed by atoms with E-state index in [1.165, 1.54) is 21.3 Å². The Morgan fingerprint density at radius 1 is 1.07 bits per heavy atom. The largest absolute Gasteiger partial charge is 0.493 e. The van der Waals surface area contributed by atoms with Gasteiger partial charge in [0.1, 0.15) is 17.6 Å². The van der Waals surface area contributed by atoms with E-state index < -0.39 is 0 Å². The number of nitriles is 1. The number of Topliss-reactive ketones (excluding diaryl/α,β-unsaturated/α-hetero) is 1. The van der Waals surface area contributed by atoms with Gasteiger partial charge in [-0.1, -0.05) is 0 Å². The molecule has 0 fully saturated rings. The van der Waals surface area contributed by atoms with E-state index in [2.05, 4.69) is 0 Å². The number of hydrogen-bond donors (Lipinski definition) is 0. The number of ether oxygens (including phenoxy) is 5. The van der Waals surface area contributed by atoms with Gasteiger partial charge in [-0.3, -0.25) is 4.79 Å². The summed E-state index contributed by atoms with van der Waals surface area (Å²) in [7, 11) is 4.54. The summed E-state index contributed by atoms with van der Waals surface area (Å²) in [6, 6.07) is 10.2. The lowest BCUT2D eigenvalue weighted by molar-refractivity contribution is 0.101. The fraction of sp³-hybridized carbons (Fsp3) is 0.200. The van der Waals surface area contributed by atoms with Crippen LogP contribution in [0.2, 0.25) is 0 Å². The summed E-state index contributed by atoms with van der Waals surface area (Å²) >= 11 is 0. The highest BCUT2D eigenvalue weighted by Crippen LogP contribution is 2.42. The molecule has 0 aromatic heterocycles. The van der Waals surface area contributed by atoms with E-state index in [9.17, 15) is 4.79 Å². The van der Waals surface area contributed by atoms with Crippen molar-refractivity contribution in [2.45, 2.75) is 0 Å². The number of rotatable bonds is 6. The Hall–Kier alpha value is -3.66. The second-order valence-corrected chi connectivity index (χ2v) is 5.47. The molecule has 0 bridgehead atoms. The molecule has 0 saturated carbocycles. The van der Waals surface area contributed by atoms with Crippen LogP contribution >= 0.6 is 0 Å². The molecule has 0 radical (unpaired) electrons. The summed E-state index contributed by atoms with van der Waals surface area (Å²) in [5.74, 6) is 2.08. The zero-order valence-corrected chi connectivity index (χ0v) is 15.1. The zero-order chi connectivity index (χ0) is 19.4. The molecule has 0 amide bonds. The third-order valence-corrected chi connectivity index (χ3v) is 3.97. The van der Waals surface area contributed by atoms with Crippen LogP contribution in [0.1, 0.15) is 15.9 Å². The van der Waals surface area contributed by atoms with Gasteiger partial charge in [-0.15, -0.1) is 0 Å². The molecule has 0 aliphatic carbocycles. The maximum Gasteiger partial charge on any atom is 0.231 e. The number of methoxy groups -OCH3 is 3.